The Kier molecular flexibility index (Phi) is 7.78. The molecule has 0 saturated heterocycles. The minimum absolute atomic E-state index is 0.299. The maximum atomic E-state index is 10.9. The van der Waals surface area contributed by atoms with E-state index in [2.05, 4.69) is 113 Å². The average molecular weight is 732 g/mol. The molecule has 3 heterocycles. The van der Waals surface area contributed by atoms with E-state index in [1.54, 1.807) is 6.07 Å². The van der Waals surface area contributed by atoms with Crippen LogP contribution in [0.5, 0.6) is 0 Å². The van der Waals surface area contributed by atoms with Crippen molar-refractivity contribution in [1.82, 2.24) is 19.5 Å². The lowest BCUT2D eigenvalue weighted by atomic mass is 9.73. The maximum absolute atomic E-state index is 10.9. The molecule has 1 aliphatic heterocycles. The summed E-state index contributed by atoms with van der Waals surface area (Å²) in [6.07, 6.45) is 0. The molecule has 0 aliphatic carbocycles. The lowest BCUT2D eigenvalue weighted by molar-refractivity contribution is 0.633. The molecule has 0 N–H and O–H groups in total. The summed E-state index contributed by atoms with van der Waals surface area (Å²) in [4.78, 5) is 21.0. The Labute approximate surface area is 330 Å². The van der Waals surface area contributed by atoms with Gasteiger partial charge in [0.15, 0.2) is 23.2 Å². The molecule has 0 unspecified atom stereocenters. The first-order valence-corrected chi connectivity index (χ1v) is 18.8. The number of para-hydroxylation sites is 3. The van der Waals surface area contributed by atoms with Crippen LogP contribution in [-0.4, -0.2) is 19.5 Å². The maximum Gasteiger partial charge on any atom is 0.200 e. The van der Waals surface area contributed by atoms with Crippen molar-refractivity contribution in [2.75, 3.05) is 4.90 Å². The number of aromatic nitrogens is 4. The number of hydrogen-bond acceptors (Lipinski definition) is 5. The molecular weight excluding hydrogens is 699 g/mol. The van der Waals surface area contributed by atoms with Crippen LogP contribution in [0.3, 0.4) is 0 Å². The third-order valence-corrected chi connectivity index (χ3v) is 11.1. The van der Waals surface area contributed by atoms with Crippen molar-refractivity contribution in [2.24, 2.45) is 0 Å². The van der Waals surface area contributed by atoms with Gasteiger partial charge >= 0.3 is 0 Å². The summed E-state index contributed by atoms with van der Waals surface area (Å²) in [7, 11) is 0. The van der Waals surface area contributed by atoms with E-state index in [1.807, 2.05) is 78.9 Å². The van der Waals surface area contributed by atoms with Gasteiger partial charge in [-0.25, -0.2) is 19.8 Å². The highest BCUT2D eigenvalue weighted by atomic mass is 15.2. The molecule has 0 atom stereocenters. The van der Waals surface area contributed by atoms with Crippen LogP contribution in [0.15, 0.2) is 164 Å². The lowest BCUT2D eigenvalue weighted by Gasteiger charge is -2.42. The zero-order chi connectivity index (χ0) is 38.7. The van der Waals surface area contributed by atoms with E-state index >= 15 is 0 Å². The molecule has 268 valence electrons. The number of fused-ring (bicyclic) bond motifs is 5. The second-order valence-corrected chi connectivity index (χ2v) is 14.7. The topological polar surface area (TPSA) is 75.0 Å². The van der Waals surface area contributed by atoms with Crippen molar-refractivity contribution >= 4 is 44.6 Å². The molecule has 7 aromatic carbocycles. The van der Waals surface area contributed by atoms with Gasteiger partial charge in [0.1, 0.15) is 6.07 Å². The van der Waals surface area contributed by atoms with Crippen LogP contribution in [-0.2, 0) is 5.41 Å². The van der Waals surface area contributed by atoms with Crippen molar-refractivity contribution in [1.29, 1.82) is 5.26 Å². The molecule has 7 heteroatoms. The largest absolute Gasteiger partial charge is 0.310 e. The average Bonchev–Trinajstić information content (AvgIpc) is 3.59. The Balaban J connectivity index is 1.23. The van der Waals surface area contributed by atoms with Crippen LogP contribution >= 0.6 is 0 Å². The summed E-state index contributed by atoms with van der Waals surface area (Å²) in [6, 6.07) is 57.5. The molecule has 0 radical (unpaired) electrons. The molecule has 1 aliphatic rings. The number of hydrogen-bond donors (Lipinski definition) is 0. The van der Waals surface area contributed by atoms with Crippen LogP contribution in [0.25, 0.3) is 66.5 Å². The summed E-state index contributed by atoms with van der Waals surface area (Å²) < 4.78 is 2.14. The third-order valence-electron chi connectivity index (χ3n) is 11.1. The van der Waals surface area contributed by atoms with E-state index in [1.165, 1.54) is 11.1 Å². The number of anilines is 3. The van der Waals surface area contributed by atoms with Crippen molar-refractivity contribution in [3.63, 3.8) is 0 Å². The Morgan fingerprint density at radius 3 is 1.82 bits per heavy atom. The summed E-state index contributed by atoms with van der Waals surface area (Å²) >= 11 is 0. The zero-order valence-corrected chi connectivity index (χ0v) is 31.2. The SMILES string of the molecule is [C-]#[N+]c1cc(-n2c3ccccc3c3cc4c(cc32)N(c2ccccc2)c2ccccc2C4(C)C)c(C#N)cc1-c1nc(-c2ccccc2)nc(-c2ccccc2)n1. The van der Waals surface area contributed by atoms with Crippen molar-refractivity contribution in [3.05, 3.63) is 192 Å². The van der Waals surface area contributed by atoms with Gasteiger partial charge in [-0.15, -0.1) is 0 Å². The number of nitrogens with zero attached hydrogens (tertiary/aromatic N) is 7. The molecule has 0 spiro atoms. The van der Waals surface area contributed by atoms with Gasteiger partial charge < -0.3 is 9.47 Å². The third kappa shape index (κ3) is 5.37. The fraction of sp³-hybridized carbons (Fsp3) is 0.0600. The second kappa shape index (κ2) is 13.2. The van der Waals surface area contributed by atoms with Crippen molar-refractivity contribution in [3.8, 4) is 45.9 Å². The highest BCUT2D eigenvalue weighted by Gasteiger charge is 2.38. The molecule has 0 fully saturated rings. The van der Waals surface area contributed by atoms with Gasteiger partial charge in [0.2, 0.25) is 0 Å². The van der Waals surface area contributed by atoms with Gasteiger partial charge in [-0.2, -0.15) is 5.26 Å². The molecule has 2 aromatic heterocycles. The first kappa shape index (κ1) is 33.7. The van der Waals surface area contributed by atoms with Crippen LogP contribution in [0.1, 0.15) is 30.5 Å². The number of benzene rings is 7. The number of nitriles is 1. The Morgan fingerprint density at radius 1 is 0.561 bits per heavy atom. The second-order valence-electron chi connectivity index (χ2n) is 14.7. The highest BCUT2D eigenvalue weighted by Crippen LogP contribution is 2.53. The van der Waals surface area contributed by atoms with Crippen LogP contribution < -0.4 is 4.90 Å². The monoisotopic (exact) mass is 731 g/mol. The van der Waals surface area contributed by atoms with Gasteiger partial charge in [-0.3, -0.25) is 0 Å². The normalized spacial score (nSPS) is 12.8. The van der Waals surface area contributed by atoms with Crippen LogP contribution in [0.2, 0.25) is 0 Å². The first-order chi connectivity index (χ1) is 27.9. The van der Waals surface area contributed by atoms with Crippen LogP contribution in [0.4, 0.5) is 22.7 Å². The minimum Gasteiger partial charge on any atom is -0.310 e. The van der Waals surface area contributed by atoms with Crippen molar-refractivity contribution in [2.45, 2.75) is 19.3 Å². The fourth-order valence-electron chi connectivity index (χ4n) is 8.33. The molecule has 0 amide bonds. The van der Waals surface area contributed by atoms with Gasteiger partial charge in [-0.1, -0.05) is 129 Å². The highest BCUT2D eigenvalue weighted by molar-refractivity contribution is 6.12. The molecule has 7 nitrogen and oxygen atoms in total. The fourth-order valence-corrected chi connectivity index (χ4v) is 8.33. The minimum atomic E-state index is -0.299. The van der Waals surface area contributed by atoms with E-state index in [-0.39, 0.29) is 5.41 Å². The Bertz CT molecular complexity index is 3060. The smallest absolute Gasteiger partial charge is 0.200 e. The molecule has 0 saturated carbocycles. The summed E-state index contributed by atoms with van der Waals surface area (Å²) in [6.45, 7) is 13.0. The summed E-state index contributed by atoms with van der Waals surface area (Å²) in [5.74, 6) is 1.29. The van der Waals surface area contributed by atoms with E-state index in [4.69, 9.17) is 21.5 Å². The Morgan fingerprint density at radius 2 is 1.16 bits per heavy atom. The lowest BCUT2D eigenvalue weighted by Crippen LogP contribution is -2.30. The van der Waals surface area contributed by atoms with Gasteiger partial charge in [0.05, 0.1) is 40.2 Å². The Hall–Kier alpha value is -7.87. The predicted molar refractivity (Wildman–Crippen MR) is 228 cm³/mol. The van der Waals surface area contributed by atoms with E-state index < -0.39 is 0 Å². The van der Waals surface area contributed by atoms with Gasteiger partial charge in [0.25, 0.3) is 0 Å². The van der Waals surface area contributed by atoms with E-state index in [9.17, 15) is 5.26 Å². The van der Waals surface area contributed by atoms with Crippen LogP contribution in [0, 0.1) is 17.9 Å². The van der Waals surface area contributed by atoms with Gasteiger partial charge in [-0.05, 0) is 59.7 Å². The summed E-state index contributed by atoms with van der Waals surface area (Å²) in [5, 5.41) is 13.1. The number of rotatable bonds is 5. The molecule has 10 rings (SSSR count). The van der Waals surface area contributed by atoms with Crippen molar-refractivity contribution < 1.29 is 0 Å². The molecule has 9 aromatic rings. The van der Waals surface area contributed by atoms with Gasteiger partial charge in [0, 0.05) is 38.6 Å². The first-order valence-electron chi connectivity index (χ1n) is 18.8. The molecule has 0 bridgehead atoms. The van der Waals surface area contributed by atoms with E-state index in [0.717, 1.165) is 50.0 Å². The molecular formula is C50H33N7. The molecule has 57 heavy (non-hydrogen) atoms. The standard InChI is InChI=1S/C50H33N7/c1-50(2)39-24-14-16-26-43(39)56(35-21-11-6-12-22-35)46-30-45-37(28-40(46)50)36-23-13-15-25-42(36)57(45)44-29-41(52-3)38(27-34(44)31-51)49-54-47(32-17-7-4-8-18-32)53-48(55-49)33-19-9-5-10-20-33/h4-30H,1-2H3. The zero-order valence-electron chi connectivity index (χ0n) is 31.2. The van der Waals surface area contributed by atoms with E-state index in [0.29, 0.717) is 40.0 Å². The summed E-state index contributed by atoms with van der Waals surface area (Å²) in [5.41, 5.74) is 10.7. The predicted octanol–water partition coefficient (Wildman–Crippen LogP) is 12.5. The quantitative estimate of drug-likeness (QED) is 0.165.